The summed E-state index contributed by atoms with van der Waals surface area (Å²) in [6, 6.07) is 2.72. The van der Waals surface area contributed by atoms with Crippen molar-refractivity contribution in [3.63, 3.8) is 0 Å². The molecule has 0 saturated carbocycles. The van der Waals surface area contributed by atoms with Crippen LogP contribution < -0.4 is 4.74 Å². The molecule has 128 valence electrons. The van der Waals surface area contributed by atoms with Crippen LogP contribution in [0.4, 0.5) is 13.2 Å². The molecule has 0 bridgehead atoms. The molecule has 0 spiro atoms. The van der Waals surface area contributed by atoms with Gasteiger partial charge in [0.15, 0.2) is 0 Å². The van der Waals surface area contributed by atoms with Crippen LogP contribution in [0.25, 0.3) is 6.08 Å². The van der Waals surface area contributed by atoms with Gasteiger partial charge in [0.25, 0.3) is 0 Å². The van der Waals surface area contributed by atoms with Gasteiger partial charge in [-0.3, -0.25) is 4.90 Å². The molecule has 1 unspecified atom stereocenters. The smallest absolute Gasteiger partial charge is 0.430 e. The Morgan fingerprint density at radius 1 is 1.42 bits per heavy atom. The molecule has 1 aliphatic heterocycles. The first-order valence-corrected chi connectivity index (χ1v) is 7.13. The van der Waals surface area contributed by atoms with Crippen LogP contribution in [0, 0.1) is 11.8 Å². The number of rotatable bonds is 2. The molecule has 0 amide bonds. The first kappa shape index (κ1) is 18.2. The summed E-state index contributed by atoms with van der Waals surface area (Å²) in [4.78, 5) is 12.9. The molecule has 1 N–H and O–H groups in total. The summed E-state index contributed by atoms with van der Waals surface area (Å²) < 4.78 is 44.3. The van der Waals surface area contributed by atoms with Crippen LogP contribution in [0.15, 0.2) is 17.7 Å². The zero-order valence-corrected chi connectivity index (χ0v) is 13.5. The number of benzene rings is 1. The Morgan fingerprint density at radius 3 is 2.62 bits per heavy atom. The molecule has 0 radical (unpaired) electrons. The van der Waals surface area contributed by atoms with Gasteiger partial charge < -0.3 is 9.84 Å². The van der Waals surface area contributed by atoms with Gasteiger partial charge in [-0.15, -0.1) is 0 Å². The number of alkyl halides is 3. The highest BCUT2D eigenvalue weighted by Gasteiger charge is 2.48. The summed E-state index contributed by atoms with van der Waals surface area (Å²) in [5, 5.41) is 9.24. The standard InChI is InChI=1S/C16H13ClF3NO3/c1-21(2)5-3-4-9-6-11(17)7-10-8-12(15(22)23)14(16(18,19)20)24-13(9)10/h6-8,14H,5H2,1-2H3,(H,22,23). The summed E-state index contributed by atoms with van der Waals surface area (Å²) in [6.45, 7) is 0.389. The second-order valence-corrected chi connectivity index (χ2v) is 5.79. The zero-order chi connectivity index (χ0) is 18.1. The topological polar surface area (TPSA) is 49.8 Å². The normalized spacial score (nSPS) is 16.6. The Hall–Kier alpha value is -2.17. The van der Waals surface area contributed by atoms with E-state index in [1.807, 2.05) is 0 Å². The number of halogens is 4. The fraction of sp³-hybridized carbons (Fsp3) is 0.312. The van der Waals surface area contributed by atoms with Gasteiger partial charge in [-0.05, 0) is 32.3 Å². The number of ether oxygens (including phenoxy) is 1. The van der Waals surface area contributed by atoms with Gasteiger partial charge in [-0.1, -0.05) is 23.4 Å². The number of carbonyl (C=O) groups is 1. The SMILES string of the molecule is CN(C)CC#Cc1cc(Cl)cc2c1OC(C(F)(F)F)C(C(=O)O)=C2. The van der Waals surface area contributed by atoms with Gasteiger partial charge >= 0.3 is 12.1 Å². The van der Waals surface area contributed by atoms with Crippen molar-refractivity contribution in [1.29, 1.82) is 0 Å². The number of fused-ring (bicyclic) bond motifs is 1. The number of carboxylic acids is 1. The third kappa shape index (κ3) is 4.02. The van der Waals surface area contributed by atoms with Crippen molar-refractivity contribution in [2.75, 3.05) is 20.6 Å². The lowest BCUT2D eigenvalue weighted by molar-refractivity contribution is -0.187. The number of aliphatic carboxylic acids is 1. The van der Waals surface area contributed by atoms with E-state index in [0.717, 1.165) is 6.08 Å². The maximum atomic E-state index is 13.1. The molecule has 1 aromatic rings. The Bertz CT molecular complexity index is 760. The lowest BCUT2D eigenvalue weighted by atomic mass is 9.99. The van der Waals surface area contributed by atoms with Crippen LogP contribution in [-0.4, -0.2) is 48.9 Å². The maximum Gasteiger partial charge on any atom is 0.430 e. The highest BCUT2D eigenvalue weighted by atomic mass is 35.5. The summed E-state index contributed by atoms with van der Waals surface area (Å²) in [5.74, 6) is 3.67. The van der Waals surface area contributed by atoms with E-state index in [9.17, 15) is 18.0 Å². The van der Waals surface area contributed by atoms with Gasteiger partial charge in [0.1, 0.15) is 5.75 Å². The van der Waals surface area contributed by atoms with E-state index in [-0.39, 0.29) is 21.9 Å². The van der Waals surface area contributed by atoms with E-state index in [1.54, 1.807) is 19.0 Å². The second kappa shape index (κ2) is 6.75. The third-order valence-electron chi connectivity index (χ3n) is 3.07. The predicted molar refractivity (Wildman–Crippen MR) is 83.0 cm³/mol. The van der Waals surface area contributed by atoms with E-state index in [1.165, 1.54) is 12.1 Å². The van der Waals surface area contributed by atoms with Crippen LogP contribution in [0.5, 0.6) is 5.75 Å². The van der Waals surface area contributed by atoms with E-state index >= 15 is 0 Å². The third-order valence-corrected chi connectivity index (χ3v) is 3.29. The molecule has 1 aliphatic rings. The molecule has 1 aromatic carbocycles. The van der Waals surface area contributed by atoms with Crippen LogP contribution in [0.3, 0.4) is 0 Å². The minimum atomic E-state index is -4.87. The first-order chi connectivity index (χ1) is 11.1. The van der Waals surface area contributed by atoms with E-state index in [4.69, 9.17) is 21.4 Å². The fourth-order valence-corrected chi connectivity index (χ4v) is 2.31. The first-order valence-electron chi connectivity index (χ1n) is 6.75. The number of carboxylic acid groups (broad SMARTS) is 1. The average Bonchev–Trinajstić information content (AvgIpc) is 2.44. The lowest BCUT2D eigenvalue weighted by Crippen LogP contribution is -2.40. The quantitative estimate of drug-likeness (QED) is 0.825. The molecule has 0 saturated heterocycles. The summed E-state index contributed by atoms with van der Waals surface area (Å²) in [6.07, 6.45) is -6.50. The Morgan fingerprint density at radius 2 is 2.08 bits per heavy atom. The Labute approximate surface area is 141 Å². The van der Waals surface area contributed by atoms with E-state index in [2.05, 4.69) is 11.8 Å². The van der Waals surface area contributed by atoms with Gasteiger partial charge in [-0.25, -0.2) is 4.79 Å². The van der Waals surface area contributed by atoms with Crippen LogP contribution >= 0.6 is 11.6 Å². The average molecular weight is 360 g/mol. The molecular formula is C16H13ClF3NO3. The maximum absolute atomic E-state index is 13.1. The Kier molecular flexibility index (Phi) is 5.11. The largest absolute Gasteiger partial charge is 0.478 e. The highest BCUT2D eigenvalue weighted by molar-refractivity contribution is 6.31. The monoisotopic (exact) mass is 359 g/mol. The lowest BCUT2D eigenvalue weighted by Gasteiger charge is -2.27. The predicted octanol–water partition coefficient (Wildman–Crippen LogP) is 3.04. The summed E-state index contributed by atoms with van der Waals surface area (Å²) >= 11 is 5.94. The minimum absolute atomic E-state index is 0.127. The summed E-state index contributed by atoms with van der Waals surface area (Å²) in [5.41, 5.74) is -0.576. The molecule has 0 fully saturated rings. The molecule has 0 aromatic heterocycles. The number of nitrogens with zero attached hydrogens (tertiary/aromatic N) is 1. The van der Waals surface area contributed by atoms with Gasteiger partial charge in [0, 0.05) is 10.6 Å². The van der Waals surface area contributed by atoms with Gasteiger partial charge in [-0.2, -0.15) is 13.2 Å². The minimum Gasteiger partial charge on any atom is -0.478 e. The van der Waals surface area contributed by atoms with Gasteiger partial charge in [0.2, 0.25) is 6.10 Å². The van der Waals surface area contributed by atoms with Gasteiger partial charge in [0.05, 0.1) is 17.7 Å². The fourth-order valence-electron chi connectivity index (χ4n) is 2.08. The Balaban J connectivity index is 2.56. The molecule has 0 aliphatic carbocycles. The molecular weight excluding hydrogens is 347 g/mol. The van der Waals surface area contributed by atoms with E-state index in [0.29, 0.717) is 6.54 Å². The molecule has 1 atom stereocenters. The van der Waals surface area contributed by atoms with Crippen LogP contribution in [0.1, 0.15) is 11.1 Å². The molecule has 2 rings (SSSR count). The van der Waals surface area contributed by atoms with Crippen molar-refractivity contribution >= 4 is 23.6 Å². The van der Waals surface area contributed by atoms with Crippen LogP contribution in [-0.2, 0) is 4.79 Å². The van der Waals surface area contributed by atoms with Crippen molar-refractivity contribution in [2.45, 2.75) is 12.3 Å². The van der Waals surface area contributed by atoms with Crippen LogP contribution in [0.2, 0.25) is 5.02 Å². The second-order valence-electron chi connectivity index (χ2n) is 5.36. The molecule has 8 heteroatoms. The van der Waals surface area contributed by atoms with Crippen molar-refractivity contribution in [1.82, 2.24) is 4.90 Å². The van der Waals surface area contributed by atoms with Crippen molar-refractivity contribution in [2.24, 2.45) is 0 Å². The number of hydrogen-bond donors (Lipinski definition) is 1. The van der Waals surface area contributed by atoms with Crippen molar-refractivity contribution in [3.05, 3.63) is 33.9 Å². The number of hydrogen-bond acceptors (Lipinski definition) is 3. The molecule has 24 heavy (non-hydrogen) atoms. The summed E-state index contributed by atoms with van der Waals surface area (Å²) in [7, 11) is 3.58. The van der Waals surface area contributed by atoms with E-state index < -0.39 is 23.8 Å². The molecule has 1 heterocycles. The van der Waals surface area contributed by atoms with Crippen molar-refractivity contribution in [3.8, 4) is 17.6 Å². The molecule has 4 nitrogen and oxygen atoms in total. The van der Waals surface area contributed by atoms with Crippen molar-refractivity contribution < 1.29 is 27.8 Å². The zero-order valence-electron chi connectivity index (χ0n) is 12.7. The highest BCUT2D eigenvalue weighted by Crippen LogP contribution is 2.40.